The molecule has 26 heavy (non-hydrogen) atoms. The number of carbonyl (C=O) groups is 1. The SMILES string of the molecule is CS(=O)(=O)N1CCCC[C@H]1C(=O)Nc1ccc(Nc2ccccc2)cc1. The average molecular weight is 373 g/mol. The Morgan fingerprint density at radius 3 is 2.23 bits per heavy atom. The highest BCUT2D eigenvalue weighted by molar-refractivity contribution is 7.88. The minimum atomic E-state index is -3.39. The third kappa shape index (κ3) is 4.62. The molecule has 0 saturated carbocycles. The smallest absolute Gasteiger partial charge is 0.242 e. The van der Waals surface area contributed by atoms with Crippen LogP contribution in [0.5, 0.6) is 0 Å². The summed E-state index contributed by atoms with van der Waals surface area (Å²) in [5.41, 5.74) is 2.53. The Morgan fingerprint density at radius 2 is 1.58 bits per heavy atom. The number of nitrogens with one attached hydrogen (secondary N) is 2. The summed E-state index contributed by atoms with van der Waals surface area (Å²) in [5, 5.41) is 6.11. The third-order valence-electron chi connectivity index (χ3n) is 4.40. The molecule has 1 atom stereocenters. The number of amides is 1. The summed E-state index contributed by atoms with van der Waals surface area (Å²) < 4.78 is 25.1. The molecule has 2 aromatic rings. The zero-order valence-corrected chi connectivity index (χ0v) is 15.5. The number of benzene rings is 2. The van der Waals surface area contributed by atoms with Crippen molar-refractivity contribution in [3.63, 3.8) is 0 Å². The van der Waals surface area contributed by atoms with E-state index in [1.807, 2.05) is 42.5 Å². The van der Waals surface area contributed by atoms with Gasteiger partial charge in [-0.05, 0) is 49.2 Å². The molecule has 1 aliphatic heterocycles. The van der Waals surface area contributed by atoms with Gasteiger partial charge in [0.05, 0.1) is 6.26 Å². The second-order valence-corrected chi connectivity index (χ2v) is 8.38. The van der Waals surface area contributed by atoms with Gasteiger partial charge in [-0.1, -0.05) is 24.6 Å². The van der Waals surface area contributed by atoms with E-state index in [-0.39, 0.29) is 5.91 Å². The Labute approximate surface area is 154 Å². The predicted octanol–water partition coefficient (Wildman–Crippen LogP) is 3.18. The Kier molecular flexibility index (Phi) is 5.58. The molecule has 3 rings (SSSR count). The standard InChI is InChI=1S/C19H23N3O3S/c1-26(24,25)22-14-6-5-9-18(22)19(23)21-17-12-10-16(11-13-17)20-15-7-3-2-4-8-15/h2-4,7-8,10-13,18,20H,5-6,9,14H2,1H3,(H,21,23)/t18-/m0/s1. The molecule has 1 saturated heterocycles. The van der Waals surface area contributed by atoms with Crippen molar-refractivity contribution in [1.82, 2.24) is 4.31 Å². The molecular weight excluding hydrogens is 350 g/mol. The molecule has 0 spiro atoms. The van der Waals surface area contributed by atoms with Gasteiger partial charge in [-0.15, -0.1) is 0 Å². The van der Waals surface area contributed by atoms with E-state index >= 15 is 0 Å². The third-order valence-corrected chi connectivity index (χ3v) is 5.69. The molecular formula is C19H23N3O3S. The van der Waals surface area contributed by atoms with Gasteiger partial charge in [-0.25, -0.2) is 8.42 Å². The Bertz CT molecular complexity index is 851. The van der Waals surface area contributed by atoms with E-state index in [2.05, 4.69) is 10.6 Å². The van der Waals surface area contributed by atoms with E-state index in [9.17, 15) is 13.2 Å². The van der Waals surface area contributed by atoms with Crippen molar-refractivity contribution in [2.24, 2.45) is 0 Å². The number of nitrogens with zero attached hydrogens (tertiary/aromatic N) is 1. The van der Waals surface area contributed by atoms with Crippen LogP contribution in [0.3, 0.4) is 0 Å². The first-order valence-corrected chi connectivity index (χ1v) is 10.5. The quantitative estimate of drug-likeness (QED) is 0.844. The lowest BCUT2D eigenvalue weighted by Crippen LogP contribution is -2.49. The summed E-state index contributed by atoms with van der Waals surface area (Å²) in [5.74, 6) is -0.279. The van der Waals surface area contributed by atoms with E-state index in [4.69, 9.17) is 0 Å². The Balaban J connectivity index is 1.65. The monoisotopic (exact) mass is 373 g/mol. The Hall–Kier alpha value is -2.38. The van der Waals surface area contributed by atoms with Gasteiger partial charge in [0, 0.05) is 23.6 Å². The van der Waals surface area contributed by atoms with Crippen molar-refractivity contribution < 1.29 is 13.2 Å². The fraction of sp³-hybridized carbons (Fsp3) is 0.316. The average Bonchev–Trinajstić information content (AvgIpc) is 2.63. The second kappa shape index (κ2) is 7.88. The van der Waals surface area contributed by atoms with Gasteiger partial charge < -0.3 is 10.6 Å². The first-order chi connectivity index (χ1) is 12.4. The second-order valence-electron chi connectivity index (χ2n) is 6.44. The van der Waals surface area contributed by atoms with Crippen molar-refractivity contribution in [3.05, 3.63) is 54.6 Å². The van der Waals surface area contributed by atoms with Crippen molar-refractivity contribution >= 4 is 33.0 Å². The van der Waals surface area contributed by atoms with Crippen LogP contribution in [-0.4, -0.2) is 37.5 Å². The van der Waals surface area contributed by atoms with Crippen LogP contribution in [0.2, 0.25) is 0 Å². The summed E-state index contributed by atoms with van der Waals surface area (Å²) in [7, 11) is -3.39. The molecule has 7 heteroatoms. The summed E-state index contributed by atoms with van der Waals surface area (Å²) in [6, 6.07) is 16.5. The minimum Gasteiger partial charge on any atom is -0.356 e. The van der Waals surface area contributed by atoms with Gasteiger partial charge in [-0.2, -0.15) is 4.31 Å². The molecule has 2 aromatic carbocycles. The molecule has 0 aliphatic carbocycles. The summed E-state index contributed by atoms with van der Waals surface area (Å²) in [4.78, 5) is 12.6. The van der Waals surface area contributed by atoms with Crippen LogP contribution in [0.4, 0.5) is 17.1 Å². The first-order valence-electron chi connectivity index (χ1n) is 8.63. The number of sulfonamides is 1. The number of rotatable bonds is 5. The van der Waals surface area contributed by atoms with Crippen molar-refractivity contribution in [2.75, 3.05) is 23.4 Å². The maximum absolute atomic E-state index is 12.6. The van der Waals surface area contributed by atoms with E-state index < -0.39 is 16.1 Å². The first kappa shape index (κ1) is 18.4. The largest absolute Gasteiger partial charge is 0.356 e. The molecule has 0 bridgehead atoms. The van der Waals surface area contributed by atoms with Crippen LogP contribution >= 0.6 is 0 Å². The molecule has 1 aliphatic rings. The van der Waals surface area contributed by atoms with E-state index in [0.717, 1.165) is 30.5 Å². The van der Waals surface area contributed by atoms with Gasteiger partial charge in [0.15, 0.2) is 0 Å². The fourth-order valence-corrected chi connectivity index (χ4v) is 4.24. The van der Waals surface area contributed by atoms with Crippen molar-refractivity contribution in [1.29, 1.82) is 0 Å². The van der Waals surface area contributed by atoms with Crippen LogP contribution in [0.1, 0.15) is 19.3 Å². The van der Waals surface area contributed by atoms with Gasteiger partial charge in [0.2, 0.25) is 15.9 Å². The number of piperidine rings is 1. The molecule has 138 valence electrons. The van der Waals surface area contributed by atoms with Gasteiger partial charge >= 0.3 is 0 Å². The maximum Gasteiger partial charge on any atom is 0.242 e. The molecule has 1 fully saturated rings. The Morgan fingerprint density at radius 1 is 0.962 bits per heavy atom. The highest BCUT2D eigenvalue weighted by Gasteiger charge is 2.34. The normalized spacial score (nSPS) is 18.3. The van der Waals surface area contributed by atoms with Crippen LogP contribution in [0, 0.1) is 0 Å². The van der Waals surface area contributed by atoms with Crippen LogP contribution < -0.4 is 10.6 Å². The number of para-hydroxylation sites is 1. The van der Waals surface area contributed by atoms with Gasteiger partial charge in [0.1, 0.15) is 6.04 Å². The van der Waals surface area contributed by atoms with E-state index in [0.29, 0.717) is 18.7 Å². The predicted molar refractivity (Wildman–Crippen MR) is 104 cm³/mol. The number of hydrogen-bond acceptors (Lipinski definition) is 4. The van der Waals surface area contributed by atoms with E-state index in [1.54, 1.807) is 12.1 Å². The lowest BCUT2D eigenvalue weighted by atomic mass is 10.0. The van der Waals surface area contributed by atoms with Crippen molar-refractivity contribution in [3.8, 4) is 0 Å². The molecule has 1 amide bonds. The summed E-state index contributed by atoms with van der Waals surface area (Å²) in [6.07, 6.45) is 3.34. The molecule has 6 nitrogen and oxygen atoms in total. The zero-order chi connectivity index (χ0) is 18.6. The van der Waals surface area contributed by atoms with Gasteiger partial charge in [-0.3, -0.25) is 4.79 Å². The number of carbonyl (C=O) groups excluding carboxylic acids is 1. The van der Waals surface area contributed by atoms with Crippen LogP contribution in [0.15, 0.2) is 54.6 Å². The molecule has 0 unspecified atom stereocenters. The summed E-state index contributed by atoms with van der Waals surface area (Å²) in [6.45, 7) is 0.400. The van der Waals surface area contributed by atoms with E-state index in [1.165, 1.54) is 4.31 Å². The highest BCUT2D eigenvalue weighted by Crippen LogP contribution is 2.23. The minimum absolute atomic E-state index is 0.279. The lowest BCUT2D eigenvalue weighted by molar-refractivity contribution is -0.120. The lowest BCUT2D eigenvalue weighted by Gasteiger charge is -2.32. The zero-order valence-electron chi connectivity index (χ0n) is 14.7. The fourth-order valence-electron chi connectivity index (χ4n) is 3.11. The highest BCUT2D eigenvalue weighted by atomic mass is 32.2. The molecule has 0 radical (unpaired) electrons. The van der Waals surface area contributed by atoms with Gasteiger partial charge in [0.25, 0.3) is 0 Å². The number of hydrogen-bond donors (Lipinski definition) is 2. The van der Waals surface area contributed by atoms with Crippen LogP contribution in [0.25, 0.3) is 0 Å². The van der Waals surface area contributed by atoms with Crippen LogP contribution in [-0.2, 0) is 14.8 Å². The topological polar surface area (TPSA) is 78.5 Å². The molecule has 1 heterocycles. The molecule has 2 N–H and O–H groups in total. The maximum atomic E-state index is 12.6. The van der Waals surface area contributed by atoms with Crippen molar-refractivity contribution in [2.45, 2.75) is 25.3 Å². The summed E-state index contributed by atoms with van der Waals surface area (Å²) >= 11 is 0. The molecule has 0 aromatic heterocycles. The number of anilines is 3.